The highest BCUT2D eigenvalue weighted by Crippen LogP contribution is 2.35. The van der Waals surface area contributed by atoms with Crippen LogP contribution < -0.4 is 0 Å². The molecular weight excluding hydrogens is 258 g/mol. The molecule has 0 aromatic heterocycles. The summed E-state index contributed by atoms with van der Waals surface area (Å²) in [5, 5.41) is 0. The SMILES string of the molecule is CC(C)(C)OCC(=O)N1CCC(C(C)(C)CS)CC1. The van der Waals surface area contributed by atoms with E-state index in [1.54, 1.807) is 0 Å². The van der Waals surface area contributed by atoms with E-state index < -0.39 is 0 Å². The number of carbonyl (C=O) groups is 1. The van der Waals surface area contributed by atoms with Gasteiger partial charge < -0.3 is 9.64 Å². The standard InChI is InChI=1S/C15H29NO2S/c1-14(2,3)18-10-13(17)16-8-6-12(7-9-16)15(4,5)11-19/h12,19H,6-11H2,1-5H3. The highest BCUT2D eigenvalue weighted by atomic mass is 32.1. The van der Waals surface area contributed by atoms with E-state index in [1.807, 2.05) is 25.7 Å². The number of hydrogen-bond donors (Lipinski definition) is 1. The number of rotatable bonds is 4. The van der Waals surface area contributed by atoms with Crippen LogP contribution in [0.5, 0.6) is 0 Å². The van der Waals surface area contributed by atoms with Crippen LogP contribution in [-0.4, -0.2) is 41.9 Å². The molecule has 1 rings (SSSR count). The van der Waals surface area contributed by atoms with Gasteiger partial charge in [0.1, 0.15) is 6.61 Å². The minimum absolute atomic E-state index is 0.122. The third-order valence-corrected chi connectivity index (χ3v) is 4.80. The quantitative estimate of drug-likeness (QED) is 0.806. The Hall–Kier alpha value is -0.220. The first-order valence-electron chi connectivity index (χ1n) is 7.18. The number of ether oxygens (including phenoxy) is 1. The van der Waals surface area contributed by atoms with Crippen LogP contribution in [0.2, 0.25) is 0 Å². The van der Waals surface area contributed by atoms with Crippen molar-refractivity contribution in [2.24, 2.45) is 11.3 Å². The van der Waals surface area contributed by atoms with Gasteiger partial charge in [-0.15, -0.1) is 0 Å². The number of hydrogen-bond acceptors (Lipinski definition) is 3. The summed E-state index contributed by atoms with van der Waals surface area (Å²) >= 11 is 4.44. The van der Waals surface area contributed by atoms with Crippen LogP contribution in [0.1, 0.15) is 47.5 Å². The Kier molecular flexibility index (Phi) is 5.75. The van der Waals surface area contributed by atoms with E-state index in [1.165, 1.54) is 0 Å². The van der Waals surface area contributed by atoms with Gasteiger partial charge in [0.25, 0.3) is 0 Å². The van der Waals surface area contributed by atoms with E-state index in [-0.39, 0.29) is 23.5 Å². The second kappa shape index (κ2) is 6.49. The lowest BCUT2D eigenvalue weighted by Crippen LogP contribution is -2.44. The van der Waals surface area contributed by atoms with Crippen molar-refractivity contribution in [1.82, 2.24) is 4.90 Å². The molecule has 0 saturated carbocycles. The number of carbonyl (C=O) groups excluding carboxylic acids is 1. The van der Waals surface area contributed by atoms with Gasteiger partial charge in [-0.2, -0.15) is 12.6 Å². The van der Waals surface area contributed by atoms with Crippen LogP contribution in [0.25, 0.3) is 0 Å². The van der Waals surface area contributed by atoms with Crippen LogP contribution in [0.3, 0.4) is 0 Å². The zero-order valence-corrected chi connectivity index (χ0v) is 13.9. The number of piperidine rings is 1. The van der Waals surface area contributed by atoms with Crippen molar-refractivity contribution in [1.29, 1.82) is 0 Å². The Labute approximate surface area is 123 Å². The second-order valence-corrected chi connectivity index (χ2v) is 7.52. The molecule has 0 spiro atoms. The molecule has 0 radical (unpaired) electrons. The summed E-state index contributed by atoms with van der Waals surface area (Å²) in [7, 11) is 0. The lowest BCUT2D eigenvalue weighted by atomic mass is 9.75. The van der Waals surface area contributed by atoms with Crippen molar-refractivity contribution >= 4 is 18.5 Å². The van der Waals surface area contributed by atoms with Crippen LogP contribution >= 0.6 is 12.6 Å². The van der Waals surface area contributed by atoms with Crippen LogP contribution in [0.4, 0.5) is 0 Å². The van der Waals surface area contributed by atoms with Gasteiger partial charge in [0, 0.05) is 13.1 Å². The summed E-state index contributed by atoms with van der Waals surface area (Å²) in [5.41, 5.74) is 0.0160. The third-order valence-electron chi connectivity index (χ3n) is 3.99. The molecular formula is C15H29NO2S. The normalized spacial score (nSPS) is 18.7. The zero-order valence-electron chi connectivity index (χ0n) is 13.0. The Balaban J connectivity index is 2.39. The predicted octanol–water partition coefficient (Wildman–Crippen LogP) is 3.00. The molecule has 0 aromatic carbocycles. The fraction of sp³-hybridized carbons (Fsp3) is 0.933. The molecule has 0 atom stereocenters. The Morgan fingerprint density at radius 3 is 2.16 bits per heavy atom. The van der Waals surface area contributed by atoms with Gasteiger partial charge in [-0.25, -0.2) is 0 Å². The van der Waals surface area contributed by atoms with Gasteiger partial charge in [0.05, 0.1) is 5.60 Å². The fourth-order valence-corrected chi connectivity index (χ4v) is 2.67. The van der Waals surface area contributed by atoms with Gasteiger partial charge in [0.15, 0.2) is 0 Å². The van der Waals surface area contributed by atoms with Gasteiger partial charge >= 0.3 is 0 Å². The summed E-state index contributed by atoms with van der Waals surface area (Å²) in [6.45, 7) is 12.4. The minimum Gasteiger partial charge on any atom is -0.366 e. The molecule has 0 bridgehead atoms. The van der Waals surface area contributed by atoms with Crippen molar-refractivity contribution < 1.29 is 9.53 Å². The molecule has 1 aliphatic rings. The molecule has 0 N–H and O–H groups in total. The number of likely N-dealkylation sites (tertiary alicyclic amines) is 1. The first-order chi connectivity index (χ1) is 8.65. The Bertz CT molecular complexity index is 302. The second-order valence-electron chi connectivity index (χ2n) is 7.20. The van der Waals surface area contributed by atoms with E-state index >= 15 is 0 Å². The van der Waals surface area contributed by atoms with E-state index in [0.717, 1.165) is 31.7 Å². The zero-order chi connectivity index (χ0) is 14.7. The van der Waals surface area contributed by atoms with Gasteiger partial charge in [-0.05, 0) is 50.7 Å². The average molecular weight is 287 g/mol. The molecule has 1 saturated heterocycles. The largest absolute Gasteiger partial charge is 0.366 e. The topological polar surface area (TPSA) is 29.5 Å². The maximum absolute atomic E-state index is 12.1. The summed E-state index contributed by atoms with van der Waals surface area (Å²) in [5.74, 6) is 1.69. The molecule has 1 heterocycles. The number of amides is 1. The first-order valence-corrected chi connectivity index (χ1v) is 7.81. The average Bonchev–Trinajstić information content (AvgIpc) is 2.35. The van der Waals surface area contributed by atoms with E-state index in [0.29, 0.717) is 5.92 Å². The molecule has 4 heteroatoms. The van der Waals surface area contributed by atoms with Crippen LogP contribution in [-0.2, 0) is 9.53 Å². The van der Waals surface area contributed by atoms with E-state index in [2.05, 4.69) is 26.5 Å². The molecule has 0 unspecified atom stereocenters. The van der Waals surface area contributed by atoms with Crippen molar-refractivity contribution in [3.63, 3.8) is 0 Å². The van der Waals surface area contributed by atoms with Crippen LogP contribution in [0, 0.1) is 11.3 Å². The first kappa shape index (κ1) is 16.8. The summed E-state index contributed by atoms with van der Waals surface area (Å²) < 4.78 is 5.56. The third kappa shape index (κ3) is 5.35. The molecule has 3 nitrogen and oxygen atoms in total. The predicted molar refractivity (Wildman–Crippen MR) is 82.6 cm³/mol. The monoisotopic (exact) mass is 287 g/mol. The summed E-state index contributed by atoms with van der Waals surface area (Å²) in [6, 6.07) is 0. The number of thiol groups is 1. The fourth-order valence-electron chi connectivity index (χ4n) is 2.41. The number of nitrogens with zero attached hydrogens (tertiary/aromatic N) is 1. The Morgan fingerprint density at radius 1 is 1.21 bits per heavy atom. The highest BCUT2D eigenvalue weighted by molar-refractivity contribution is 7.80. The maximum Gasteiger partial charge on any atom is 0.248 e. The van der Waals surface area contributed by atoms with Crippen molar-refractivity contribution in [2.75, 3.05) is 25.4 Å². The lowest BCUT2D eigenvalue weighted by Gasteiger charge is -2.40. The molecule has 19 heavy (non-hydrogen) atoms. The van der Waals surface area contributed by atoms with Crippen molar-refractivity contribution in [2.45, 2.75) is 53.1 Å². The lowest BCUT2D eigenvalue weighted by molar-refractivity contribution is -0.142. The maximum atomic E-state index is 12.1. The summed E-state index contributed by atoms with van der Waals surface area (Å²) in [4.78, 5) is 14.0. The molecule has 0 aromatic rings. The molecule has 1 aliphatic heterocycles. The van der Waals surface area contributed by atoms with Gasteiger partial charge in [0.2, 0.25) is 5.91 Å². The van der Waals surface area contributed by atoms with E-state index in [9.17, 15) is 4.79 Å². The Morgan fingerprint density at radius 2 is 1.74 bits per heavy atom. The molecule has 1 fully saturated rings. The minimum atomic E-state index is -0.248. The highest BCUT2D eigenvalue weighted by Gasteiger charge is 2.32. The van der Waals surface area contributed by atoms with Crippen molar-refractivity contribution in [3.05, 3.63) is 0 Å². The molecule has 0 aliphatic carbocycles. The van der Waals surface area contributed by atoms with Crippen molar-refractivity contribution in [3.8, 4) is 0 Å². The van der Waals surface area contributed by atoms with Gasteiger partial charge in [-0.3, -0.25) is 4.79 Å². The smallest absolute Gasteiger partial charge is 0.248 e. The molecule has 1 amide bonds. The summed E-state index contributed by atoms with van der Waals surface area (Å²) in [6.07, 6.45) is 2.16. The van der Waals surface area contributed by atoms with E-state index in [4.69, 9.17) is 4.74 Å². The van der Waals surface area contributed by atoms with Gasteiger partial charge in [-0.1, -0.05) is 13.8 Å². The van der Waals surface area contributed by atoms with Crippen LogP contribution in [0.15, 0.2) is 0 Å². The molecule has 112 valence electrons.